The van der Waals surface area contributed by atoms with E-state index in [2.05, 4.69) is 13.8 Å². The van der Waals surface area contributed by atoms with E-state index in [1.807, 2.05) is 0 Å². The molecule has 0 unspecified atom stereocenters. The Morgan fingerprint density at radius 3 is 2.25 bits per heavy atom. The molecule has 1 aliphatic rings. The van der Waals surface area contributed by atoms with Crippen molar-refractivity contribution in [3.63, 3.8) is 0 Å². The molecule has 0 N–H and O–H groups in total. The van der Waals surface area contributed by atoms with Gasteiger partial charge in [-0.1, -0.05) is 32.8 Å². The SMILES string of the molecule is CCC1(CC)CC(Cc2ccc(F)cc2C(F)(F)F)C1. The highest BCUT2D eigenvalue weighted by molar-refractivity contribution is 5.31. The number of alkyl halides is 3. The Kier molecular flexibility index (Phi) is 4.12. The van der Waals surface area contributed by atoms with Gasteiger partial charge >= 0.3 is 6.18 Å². The molecule has 0 aromatic heterocycles. The molecule has 1 aliphatic carbocycles. The van der Waals surface area contributed by atoms with Crippen molar-refractivity contribution in [1.82, 2.24) is 0 Å². The van der Waals surface area contributed by atoms with E-state index in [4.69, 9.17) is 0 Å². The van der Waals surface area contributed by atoms with E-state index in [-0.39, 0.29) is 5.56 Å². The summed E-state index contributed by atoms with van der Waals surface area (Å²) in [7, 11) is 0. The van der Waals surface area contributed by atoms with Crippen LogP contribution in [0, 0.1) is 17.2 Å². The van der Waals surface area contributed by atoms with Gasteiger partial charge in [0.05, 0.1) is 5.56 Å². The maximum absolute atomic E-state index is 13.0. The molecule has 0 aliphatic heterocycles. The third-order valence-corrected chi connectivity index (χ3v) is 4.83. The average Bonchev–Trinajstić information content (AvgIpc) is 2.34. The van der Waals surface area contributed by atoms with Crippen molar-refractivity contribution in [2.45, 2.75) is 52.1 Å². The highest BCUT2D eigenvalue weighted by atomic mass is 19.4. The van der Waals surface area contributed by atoms with Gasteiger partial charge in [0.25, 0.3) is 0 Å². The standard InChI is InChI=1S/C16H20F4/c1-3-15(4-2)9-11(10-15)7-12-5-6-13(17)8-14(12)16(18,19)20/h5-6,8,11H,3-4,7,9-10H2,1-2H3. The normalized spacial score (nSPS) is 18.9. The van der Waals surface area contributed by atoms with Gasteiger partial charge in [-0.25, -0.2) is 4.39 Å². The number of benzene rings is 1. The van der Waals surface area contributed by atoms with Crippen molar-refractivity contribution in [2.24, 2.45) is 11.3 Å². The van der Waals surface area contributed by atoms with Gasteiger partial charge in [0, 0.05) is 0 Å². The average molecular weight is 288 g/mol. The lowest BCUT2D eigenvalue weighted by Gasteiger charge is -2.47. The van der Waals surface area contributed by atoms with E-state index in [9.17, 15) is 17.6 Å². The molecule has 1 aromatic carbocycles. The van der Waals surface area contributed by atoms with Crippen molar-refractivity contribution in [3.8, 4) is 0 Å². The first-order valence-electron chi connectivity index (χ1n) is 7.15. The Hall–Kier alpha value is -1.06. The Bertz CT molecular complexity index is 464. The van der Waals surface area contributed by atoms with E-state index in [1.165, 1.54) is 6.07 Å². The first-order chi connectivity index (χ1) is 9.29. The summed E-state index contributed by atoms with van der Waals surface area (Å²) < 4.78 is 51.8. The van der Waals surface area contributed by atoms with Crippen LogP contribution in [-0.2, 0) is 12.6 Å². The lowest BCUT2D eigenvalue weighted by atomic mass is 9.58. The maximum Gasteiger partial charge on any atom is 0.416 e. The molecule has 0 nitrogen and oxygen atoms in total. The van der Waals surface area contributed by atoms with Crippen LogP contribution in [0.5, 0.6) is 0 Å². The minimum absolute atomic E-state index is 0.227. The summed E-state index contributed by atoms with van der Waals surface area (Å²) in [5.41, 5.74) is -0.268. The van der Waals surface area contributed by atoms with Gasteiger partial charge < -0.3 is 0 Å². The molecule has 1 fully saturated rings. The zero-order chi connectivity index (χ0) is 15.0. The molecule has 1 saturated carbocycles. The van der Waals surface area contributed by atoms with Crippen LogP contribution in [0.3, 0.4) is 0 Å². The van der Waals surface area contributed by atoms with Crippen molar-refractivity contribution in [3.05, 3.63) is 35.1 Å². The molecule has 0 saturated heterocycles. The van der Waals surface area contributed by atoms with Crippen LogP contribution in [-0.4, -0.2) is 0 Å². The van der Waals surface area contributed by atoms with Crippen molar-refractivity contribution >= 4 is 0 Å². The van der Waals surface area contributed by atoms with Crippen molar-refractivity contribution < 1.29 is 17.6 Å². The summed E-state index contributed by atoms with van der Waals surface area (Å²) in [6, 6.07) is 3.02. The number of hydrogen-bond acceptors (Lipinski definition) is 0. The highest BCUT2D eigenvalue weighted by Gasteiger charge is 2.42. The van der Waals surface area contributed by atoms with E-state index < -0.39 is 17.6 Å². The molecule has 20 heavy (non-hydrogen) atoms. The molecule has 0 radical (unpaired) electrons. The second-order valence-corrected chi connectivity index (χ2v) is 5.98. The molecule has 4 heteroatoms. The third-order valence-electron chi connectivity index (χ3n) is 4.83. The van der Waals surface area contributed by atoms with Gasteiger partial charge in [-0.05, 0) is 48.3 Å². The molecule has 112 valence electrons. The molecule has 0 spiro atoms. The molecule has 0 atom stereocenters. The minimum Gasteiger partial charge on any atom is -0.207 e. The summed E-state index contributed by atoms with van der Waals surface area (Å²) >= 11 is 0. The van der Waals surface area contributed by atoms with Crippen LogP contribution in [0.1, 0.15) is 50.7 Å². The second-order valence-electron chi connectivity index (χ2n) is 5.98. The second kappa shape index (κ2) is 5.38. The zero-order valence-corrected chi connectivity index (χ0v) is 11.9. The summed E-state index contributed by atoms with van der Waals surface area (Å²) in [6.45, 7) is 4.28. The molecule has 2 rings (SSSR count). The van der Waals surface area contributed by atoms with Gasteiger partial charge in [0.2, 0.25) is 0 Å². The molecule has 0 bridgehead atoms. The fourth-order valence-corrected chi connectivity index (χ4v) is 3.44. The third kappa shape index (κ3) is 2.99. The zero-order valence-electron chi connectivity index (χ0n) is 11.9. The Balaban J connectivity index is 2.12. The van der Waals surface area contributed by atoms with Crippen molar-refractivity contribution in [2.75, 3.05) is 0 Å². The molecular weight excluding hydrogens is 268 g/mol. The molecule has 0 heterocycles. The maximum atomic E-state index is 13.0. The first kappa shape index (κ1) is 15.3. The van der Waals surface area contributed by atoms with Crippen LogP contribution >= 0.6 is 0 Å². The van der Waals surface area contributed by atoms with Gasteiger partial charge in [0.1, 0.15) is 5.82 Å². The predicted octanol–water partition coefficient (Wildman–Crippen LogP) is 5.60. The lowest BCUT2D eigenvalue weighted by molar-refractivity contribution is -0.138. The van der Waals surface area contributed by atoms with E-state index >= 15 is 0 Å². The van der Waals surface area contributed by atoms with Crippen molar-refractivity contribution in [1.29, 1.82) is 0 Å². The van der Waals surface area contributed by atoms with Crippen LogP contribution in [0.4, 0.5) is 17.6 Å². The fourth-order valence-electron chi connectivity index (χ4n) is 3.44. The van der Waals surface area contributed by atoms with E-state index in [0.717, 1.165) is 31.7 Å². The first-order valence-corrected chi connectivity index (χ1v) is 7.15. The number of hydrogen-bond donors (Lipinski definition) is 0. The van der Waals surface area contributed by atoms with Crippen LogP contribution in [0.25, 0.3) is 0 Å². The lowest BCUT2D eigenvalue weighted by Crippen LogP contribution is -2.37. The summed E-state index contributed by atoms with van der Waals surface area (Å²) in [6.07, 6.45) is 0.0408. The predicted molar refractivity (Wildman–Crippen MR) is 70.8 cm³/mol. The molecule has 1 aromatic rings. The molecular formula is C16H20F4. The number of rotatable bonds is 4. The minimum atomic E-state index is -4.48. The summed E-state index contributed by atoms with van der Waals surface area (Å²) in [5.74, 6) is -0.535. The van der Waals surface area contributed by atoms with Gasteiger partial charge in [0.15, 0.2) is 0 Å². The van der Waals surface area contributed by atoms with Crippen LogP contribution in [0.2, 0.25) is 0 Å². The Morgan fingerprint density at radius 2 is 1.75 bits per heavy atom. The smallest absolute Gasteiger partial charge is 0.207 e. The van der Waals surface area contributed by atoms with Gasteiger partial charge in [-0.3, -0.25) is 0 Å². The van der Waals surface area contributed by atoms with Crippen LogP contribution < -0.4 is 0 Å². The monoisotopic (exact) mass is 288 g/mol. The quantitative estimate of drug-likeness (QED) is 0.632. The topological polar surface area (TPSA) is 0 Å². The summed E-state index contributed by atoms with van der Waals surface area (Å²) in [4.78, 5) is 0. The molecule has 0 amide bonds. The summed E-state index contributed by atoms with van der Waals surface area (Å²) in [5, 5.41) is 0. The van der Waals surface area contributed by atoms with Gasteiger partial charge in [-0.15, -0.1) is 0 Å². The highest BCUT2D eigenvalue weighted by Crippen LogP contribution is 2.52. The van der Waals surface area contributed by atoms with E-state index in [1.54, 1.807) is 0 Å². The fraction of sp³-hybridized carbons (Fsp3) is 0.625. The Morgan fingerprint density at radius 1 is 1.15 bits per heavy atom. The van der Waals surface area contributed by atoms with E-state index in [0.29, 0.717) is 23.8 Å². The van der Waals surface area contributed by atoms with Crippen LogP contribution in [0.15, 0.2) is 18.2 Å². The van der Waals surface area contributed by atoms with Gasteiger partial charge in [-0.2, -0.15) is 13.2 Å². The largest absolute Gasteiger partial charge is 0.416 e. The Labute approximate surface area is 117 Å². The number of halogens is 4.